The number of para-hydroxylation sites is 1. The van der Waals surface area contributed by atoms with Crippen molar-refractivity contribution in [2.45, 2.75) is 0 Å². The van der Waals surface area contributed by atoms with E-state index < -0.39 is 0 Å². The van der Waals surface area contributed by atoms with Crippen molar-refractivity contribution in [2.75, 3.05) is 5.32 Å². The van der Waals surface area contributed by atoms with Crippen molar-refractivity contribution in [3.63, 3.8) is 0 Å². The van der Waals surface area contributed by atoms with Crippen molar-refractivity contribution in [2.24, 2.45) is 0 Å². The Morgan fingerprint density at radius 2 is 2.00 bits per heavy atom. The Hall–Kier alpha value is -1.64. The van der Waals surface area contributed by atoms with E-state index in [-0.39, 0.29) is 0 Å². The summed E-state index contributed by atoms with van der Waals surface area (Å²) >= 11 is 0. The first-order valence-corrected chi connectivity index (χ1v) is 3.87. The quantitative estimate of drug-likeness (QED) is 0.559. The predicted octanol–water partition coefficient (Wildman–Crippen LogP) is 2.61. The fraction of sp³-hybridized carbons (Fsp3) is 0. The summed E-state index contributed by atoms with van der Waals surface area (Å²) in [7, 11) is 0. The van der Waals surface area contributed by atoms with Crippen molar-refractivity contribution in [3.05, 3.63) is 43.2 Å². The number of hydrogen-bond donors (Lipinski definition) is 1. The van der Waals surface area contributed by atoms with E-state index in [9.17, 15) is 4.39 Å². The molecule has 1 N–H and O–H groups in total. The molecule has 2 rings (SSSR count). The summed E-state index contributed by atoms with van der Waals surface area (Å²) in [6.07, 6.45) is 0. The maximum Gasteiger partial charge on any atom is 0.298 e. The lowest BCUT2D eigenvalue weighted by Crippen LogP contribution is -1.92. The Balaban J connectivity index is 2.49. The first-order valence-electron chi connectivity index (χ1n) is 3.87. The lowest BCUT2D eigenvalue weighted by atomic mass is 10.2. The van der Waals surface area contributed by atoms with Crippen LogP contribution in [0, 0.1) is 6.80 Å². The minimum Gasteiger partial charge on any atom is -0.329 e. The van der Waals surface area contributed by atoms with Crippen molar-refractivity contribution in [1.82, 2.24) is 4.98 Å². The highest BCUT2D eigenvalue weighted by Crippen LogP contribution is 2.14. The summed E-state index contributed by atoms with van der Waals surface area (Å²) in [5.41, 5.74) is 0.836. The monoisotopic (exact) mass is 174 g/mol. The normalized spacial score (nSPS) is 10.2. The molecule has 2 radical (unpaired) electrons. The molecule has 2 aromatic rings. The van der Waals surface area contributed by atoms with E-state index in [0.717, 1.165) is 10.9 Å². The molecule has 13 heavy (non-hydrogen) atoms. The van der Waals surface area contributed by atoms with E-state index in [4.69, 9.17) is 0 Å². The molecule has 64 valence electrons. The van der Waals surface area contributed by atoms with E-state index >= 15 is 0 Å². The van der Waals surface area contributed by atoms with Gasteiger partial charge in [-0.25, -0.2) is 9.37 Å². The summed E-state index contributed by atoms with van der Waals surface area (Å²) in [4.78, 5) is 4.15. The second-order valence-corrected chi connectivity index (χ2v) is 2.61. The summed E-state index contributed by atoms with van der Waals surface area (Å²) < 4.78 is 11.7. The van der Waals surface area contributed by atoms with Gasteiger partial charge in [0.1, 0.15) is 5.82 Å². The van der Waals surface area contributed by atoms with Crippen LogP contribution in [0.25, 0.3) is 10.9 Å². The number of fused-ring (bicyclic) bond motifs is 1. The zero-order valence-corrected chi connectivity index (χ0v) is 6.79. The number of benzene rings is 1. The summed E-state index contributed by atoms with van der Waals surface area (Å²) in [5.74, 6) is 0.459. The average molecular weight is 174 g/mol. The molecular weight excluding hydrogens is 167 g/mol. The highest BCUT2D eigenvalue weighted by atomic mass is 19.1. The van der Waals surface area contributed by atoms with Crippen LogP contribution >= 0.6 is 0 Å². The summed E-state index contributed by atoms with van der Waals surface area (Å²) in [6.45, 7) is 1.34. The Bertz CT molecular complexity index is 414. The Morgan fingerprint density at radius 1 is 1.15 bits per heavy atom. The van der Waals surface area contributed by atoms with Gasteiger partial charge < -0.3 is 5.32 Å². The van der Waals surface area contributed by atoms with Gasteiger partial charge in [-0.1, -0.05) is 18.2 Å². The van der Waals surface area contributed by atoms with Gasteiger partial charge in [0, 0.05) is 5.39 Å². The summed E-state index contributed by atoms with van der Waals surface area (Å²) in [6, 6.07) is 11.2. The molecule has 0 unspecified atom stereocenters. The molecule has 0 bridgehead atoms. The molecule has 1 heterocycles. The molecule has 0 saturated heterocycles. The fourth-order valence-electron chi connectivity index (χ4n) is 1.18. The van der Waals surface area contributed by atoms with Crippen LogP contribution in [0.15, 0.2) is 36.4 Å². The number of halogens is 1. The molecule has 0 atom stereocenters. The molecule has 0 aliphatic carbocycles. The minimum atomic E-state index is 0.459. The first-order chi connectivity index (χ1) is 6.40. The third-order valence-electron chi connectivity index (χ3n) is 1.77. The Kier molecular flexibility index (Phi) is 2.08. The highest BCUT2D eigenvalue weighted by Gasteiger charge is 1.96. The Morgan fingerprint density at radius 3 is 2.85 bits per heavy atom. The molecule has 0 amide bonds. The molecule has 1 aromatic carbocycles. The maximum absolute atomic E-state index is 11.7. The molecule has 0 saturated carbocycles. The van der Waals surface area contributed by atoms with Crippen LogP contribution in [0.1, 0.15) is 0 Å². The smallest absolute Gasteiger partial charge is 0.298 e. The number of nitrogens with zero attached hydrogens (tertiary/aromatic N) is 1. The lowest BCUT2D eigenvalue weighted by molar-refractivity contribution is 0.634. The molecule has 0 aliphatic rings. The number of aromatic nitrogens is 1. The third-order valence-corrected chi connectivity index (χ3v) is 1.77. The van der Waals surface area contributed by atoms with Gasteiger partial charge >= 0.3 is 0 Å². The second-order valence-electron chi connectivity index (χ2n) is 2.61. The molecule has 2 nitrogen and oxygen atoms in total. The van der Waals surface area contributed by atoms with Gasteiger partial charge in [-0.3, -0.25) is 0 Å². The highest BCUT2D eigenvalue weighted by molar-refractivity contribution is 5.80. The zero-order valence-electron chi connectivity index (χ0n) is 6.79. The van der Waals surface area contributed by atoms with Crippen molar-refractivity contribution in [3.8, 4) is 0 Å². The maximum atomic E-state index is 11.7. The second kappa shape index (κ2) is 3.39. The van der Waals surface area contributed by atoms with Crippen LogP contribution in [0.4, 0.5) is 10.2 Å². The standard InChI is InChI=1S/C10H7FN2/c11-7-12-10-6-5-8-3-1-2-4-9(8)13-10/h1-6H,(H,12,13). The van der Waals surface area contributed by atoms with Gasteiger partial charge in [-0.15, -0.1) is 0 Å². The van der Waals surface area contributed by atoms with E-state index in [1.54, 1.807) is 6.07 Å². The number of hydrogen-bond acceptors (Lipinski definition) is 2. The van der Waals surface area contributed by atoms with E-state index in [2.05, 4.69) is 10.3 Å². The predicted molar refractivity (Wildman–Crippen MR) is 49.7 cm³/mol. The van der Waals surface area contributed by atoms with Gasteiger partial charge in [0.15, 0.2) is 0 Å². The van der Waals surface area contributed by atoms with Crippen LogP contribution in [-0.2, 0) is 0 Å². The van der Waals surface area contributed by atoms with Gasteiger partial charge in [-0.05, 0) is 18.2 Å². The number of nitrogens with one attached hydrogen (secondary N) is 1. The van der Waals surface area contributed by atoms with Crippen LogP contribution < -0.4 is 5.32 Å². The van der Waals surface area contributed by atoms with Crippen molar-refractivity contribution >= 4 is 16.7 Å². The molecule has 0 aliphatic heterocycles. The van der Waals surface area contributed by atoms with Gasteiger partial charge in [0.25, 0.3) is 6.80 Å². The molecule has 0 spiro atoms. The molecule has 0 fully saturated rings. The van der Waals surface area contributed by atoms with Gasteiger partial charge in [0.05, 0.1) is 5.52 Å². The van der Waals surface area contributed by atoms with Crippen LogP contribution in [0.5, 0.6) is 0 Å². The summed E-state index contributed by atoms with van der Waals surface area (Å²) in [5, 5.41) is 3.31. The third kappa shape index (κ3) is 1.59. The molecule has 3 heteroatoms. The SMILES string of the molecule is F[C]Nc1ccc2ccccc2n1. The largest absolute Gasteiger partial charge is 0.329 e. The van der Waals surface area contributed by atoms with Crippen LogP contribution in [-0.4, -0.2) is 4.98 Å². The fourth-order valence-corrected chi connectivity index (χ4v) is 1.18. The number of rotatable bonds is 2. The van der Waals surface area contributed by atoms with Crippen molar-refractivity contribution in [1.29, 1.82) is 0 Å². The Labute approximate surface area is 75.4 Å². The number of anilines is 1. The van der Waals surface area contributed by atoms with Crippen LogP contribution in [0.2, 0.25) is 0 Å². The zero-order chi connectivity index (χ0) is 9.10. The molecular formula is C10H7FN2. The van der Waals surface area contributed by atoms with Crippen LogP contribution in [0.3, 0.4) is 0 Å². The first kappa shape index (κ1) is 7.98. The average Bonchev–Trinajstić information content (AvgIpc) is 2.18. The van der Waals surface area contributed by atoms with Gasteiger partial charge in [0.2, 0.25) is 0 Å². The molecule has 1 aromatic heterocycles. The lowest BCUT2D eigenvalue weighted by Gasteiger charge is -2.00. The van der Waals surface area contributed by atoms with E-state index in [0.29, 0.717) is 5.82 Å². The topological polar surface area (TPSA) is 24.9 Å². The van der Waals surface area contributed by atoms with Crippen molar-refractivity contribution < 1.29 is 4.39 Å². The minimum absolute atomic E-state index is 0.459. The van der Waals surface area contributed by atoms with E-state index in [1.807, 2.05) is 30.3 Å². The van der Waals surface area contributed by atoms with E-state index in [1.165, 1.54) is 6.80 Å². The number of pyridine rings is 1. The van der Waals surface area contributed by atoms with Gasteiger partial charge in [-0.2, -0.15) is 0 Å².